The summed E-state index contributed by atoms with van der Waals surface area (Å²) in [6.07, 6.45) is 4.35. The van der Waals surface area contributed by atoms with Gasteiger partial charge in [0.05, 0.1) is 6.04 Å². The lowest BCUT2D eigenvalue weighted by atomic mass is 10.2. The first-order valence-electron chi connectivity index (χ1n) is 7.39. The second-order valence-corrected chi connectivity index (χ2v) is 4.77. The minimum absolute atomic E-state index is 0.224. The van der Waals surface area contributed by atoms with Gasteiger partial charge in [-0.25, -0.2) is 4.79 Å². The van der Waals surface area contributed by atoms with E-state index in [1.807, 2.05) is 13.8 Å². The zero-order valence-electron chi connectivity index (χ0n) is 12.8. The minimum atomic E-state index is -0.412. The summed E-state index contributed by atoms with van der Waals surface area (Å²) >= 11 is 0. The van der Waals surface area contributed by atoms with Crippen molar-refractivity contribution in [2.24, 2.45) is 0 Å². The molecule has 5 heteroatoms. The van der Waals surface area contributed by atoms with Crippen LogP contribution in [0, 0.1) is 0 Å². The fourth-order valence-corrected chi connectivity index (χ4v) is 1.81. The number of amides is 3. The molecule has 0 spiro atoms. The SMILES string of the molecule is CCCCN(CCCC)C(C)C(=O)NC(=O)NCC. The van der Waals surface area contributed by atoms with Crippen LogP contribution >= 0.6 is 0 Å². The quantitative estimate of drug-likeness (QED) is 0.675. The van der Waals surface area contributed by atoms with Gasteiger partial charge in [0.25, 0.3) is 0 Å². The van der Waals surface area contributed by atoms with E-state index in [4.69, 9.17) is 0 Å². The van der Waals surface area contributed by atoms with E-state index < -0.39 is 6.03 Å². The number of nitrogens with zero attached hydrogens (tertiary/aromatic N) is 1. The van der Waals surface area contributed by atoms with Crippen molar-refractivity contribution in [1.29, 1.82) is 0 Å². The molecule has 0 radical (unpaired) electrons. The van der Waals surface area contributed by atoms with E-state index in [1.165, 1.54) is 0 Å². The summed E-state index contributed by atoms with van der Waals surface area (Å²) in [5, 5.41) is 4.95. The van der Waals surface area contributed by atoms with E-state index in [0.29, 0.717) is 6.54 Å². The van der Waals surface area contributed by atoms with Gasteiger partial charge in [-0.3, -0.25) is 15.0 Å². The van der Waals surface area contributed by atoms with Gasteiger partial charge in [-0.05, 0) is 39.8 Å². The van der Waals surface area contributed by atoms with Crippen molar-refractivity contribution in [2.45, 2.75) is 59.4 Å². The van der Waals surface area contributed by atoms with Crippen LogP contribution in [0.2, 0.25) is 0 Å². The van der Waals surface area contributed by atoms with Crippen LogP contribution in [0.25, 0.3) is 0 Å². The molecule has 0 saturated heterocycles. The third kappa shape index (κ3) is 7.82. The Morgan fingerprint density at radius 1 is 1.05 bits per heavy atom. The number of rotatable bonds is 9. The Labute approximate surface area is 117 Å². The highest BCUT2D eigenvalue weighted by atomic mass is 16.2. The lowest BCUT2D eigenvalue weighted by molar-refractivity contribution is -0.124. The standard InChI is InChI=1S/C14H29N3O2/c1-5-8-10-17(11-9-6-2)12(4)13(18)16-14(19)15-7-3/h12H,5-11H2,1-4H3,(H2,15,16,18,19). The van der Waals surface area contributed by atoms with Gasteiger partial charge in [-0.2, -0.15) is 0 Å². The third-order valence-corrected chi connectivity index (χ3v) is 3.10. The van der Waals surface area contributed by atoms with Crippen LogP contribution in [-0.4, -0.2) is 42.5 Å². The molecule has 1 unspecified atom stereocenters. The van der Waals surface area contributed by atoms with E-state index in [0.717, 1.165) is 38.8 Å². The highest BCUT2D eigenvalue weighted by Gasteiger charge is 2.21. The molecule has 0 heterocycles. The van der Waals surface area contributed by atoms with E-state index in [2.05, 4.69) is 29.4 Å². The number of imide groups is 1. The Bertz CT molecular complexity index is 261. The van der Waals surface area contributed by atoms with Crippen molar-refractivity contribution in [3.8, 4) is 0 Å². The van der Waals surface area contributed by atoms with Crippen LogP contribution in [0.3, 0.4) is 0 Å². The zero-order valence-corrected chi connectivity index (χ0v) is 12.8. The van der Waals surface area contributed by atoms with Gasteiger partial charge >= 0.3 is 6.03 Å². The summed E-state index contributed by atoms with van der Waals surface area (Å²) in [7, 11) is 0. The monoisotopic (exact) mass is 271 g/mol. The summed E-state index contributed by atoms with van der Waals surface area (Å²) in [5.74, 6) is -0.224. The number of carbonyl (C=O) groups excluding carboxylic acids is 2. The fourth-order valence-electron chi connectivity index (χ4n) is 1.81. The van der Waals surface area contributed by atoms with Crippen molar-refractivity contribution in [3.05, 3.63) is 0 Å². The maximum atomic E-state index is 12.0. The van der Waals surface area contributed by atoms with Crippen LogP contribution in [-0.2, 0) is 4.79 Å². The number of carbonyl (C=O) groups is 2. The molecule has 0 aromatic rings. The van der Waals surface area contributed by atoms with Crippen molar-refractivity contribution in [1.82, 2.24) is 15.5 Å². The molecule has 0 aliphatic carbocycles. The minimum Gasteiger partial charge on any atom is -0.338 e. The lowest BCUT2D eigenvalue weighted by Crippen LogP contribution is -2.50. The average Bonchev–Trinajstić information content (AvgIpc) is 2.38. The Morgan fingerprint density at radius 2 is 1.58 bits per heavy atom. The molecule has 5 nitrogen and oxygen atoms in total. The second-order valence-electron chi connectivity index (χ2n) is 4.77. The van der Waals surface area contributed by atoms with Gasteiger partial charge < -0.3 is 5.32 Å². The molecule has 0 bridgehead atoms. The molecule has 0 aromatic heterocycles. The van der Waals surface area contributed by atoms with Crippen LogP contribution in [0.1, 0.15) is 53.4 Å². The maximum absolute atomic E-state index is 12.0. The Balaban J connectivity index is 4.36. The molecule has 0 rings (SSSR count). The summed E-state index contributed by atoms with van der Waals surface area (Å²) in [6.45, 7) is 10.3. The molecule has 0 fully saturated rings. The predicted molar refractivity (Wildman–Crippen MR) is 78.1 cm³/mol. The van der Waals surface area contributed by atoms with Crippen LogP contribution in [0.15, 0.2) is 0 Å². The van der Waals surface area contributed by atoms with Crippen LogP contribution in [0.4, 0.5) is 4.79 Å². The average molecular weight is 271 g/mol. The highest BCUT2D eigenvalue weighted by molar-refractivity contribution is 5.96. The van der Waals surface area contributed by atoms with Gasteiger partial charge in [0.1, 0.15) is 0 Å². The Morgan fingerprint density at radius 3 is 2.00 bits per heavy atom. The smallest absolute Gasteiger partial charge is 0.321 e. The fraction of sp³-hybridized carbons (Fsp3) is 0.857. The Kier molecular flexibility index (Phi) is 10.2. The lowest BCUT2D eigenvalue weighted by Gasteiger charge is -2.27. The Hall–Kier alpha value is -1.10. The largest absolute Gasteiger partial charge is 0.338 e. The van der Waals surface area contributed by atoms with Crippen LogP contribution < -0.4 is 10.6 Å². The van der Waals surface area contributed by atoms with E-state index >= 15 is 0 Å². The van der Waals surface area contributed by atoms with Crippen molar-refractivity contribution < 1.29 is 9.59 Å². The maximum Gasteiger partial charge on any atom is 0.321 e. The number of hydrogen-bond donors (Lipinski definition) is 2. The number of unbranched alkanes of at least 4 members (excludes halogenated alkanes) is 2. The molecular weight excluding hydrogens is 242 g/mol. The topological polar surface area (TPSA) is 61.4 Å². The molecule has 0 aromatic carbocycles. The molecule has 1 atom stereocenters. The molecule has 19 heavy (non-hydrogen) atoms. The first kappa shape index (κ1) is 17.9. The molecule has 0 saturated carbocycles. The summed E-state index contributed by atoms with van der Waals surface area (Å²) in [4.78, 5) is 25.5. The first-order valence-corrected chi connectivity index (χ1v) is 7.39. The summed E-state index contributed by atoms with van der Waals surface area (Å²) in [6, 6.07) is -0.675. The van der Waals surface area contributed by atoms with Crippen molar-refractivity contribution >= 4 is 11.9 Å². The van der Waals surface area contributed by atoms with Gasteiger partial charge in [0.15, 0.2) is 0 Å². The molecule has 3 amide bonds. The number of urea groups is 1. The van der Waals surface area contributed by atoms with Gasteiger partial charge in [-0.15, -0.1) is 0 Å². The molecule has 0 aliphatic heterocycles. The summed E-state index contributed by atoms with van der Waals surface area (Å²) in [5.41, 5.74) is 0. The van der Waals surface area contributed by atoms with Crippen molar-refractivity contribution in [2.75, 3.05) is 19.6 Å². The van der Waals surface area contributed by atoms with Crippen LogP contribution in [0.5, 0.6) is 0 Å². The predicted octanol–water partition coefficient (Wildman–Crippen LogP) is 2.12. The molecular formula is C14H29N3O2. The zero-order chi connectivity index (χ0) is 14.7. The summed E-state index contributed by atoms with van der Waals surface area (Å²) < 4.78 is 0. The molecule has 2 N–H and O–H groups in total. The number of nitrogens with one attached hydrogen (secondary N) is 2. The normalized spacial score (nSPS) is 12.3. The van der Waals surface area contributed by atoms with Crippen molar-refractivity contribution in [3.63, 3.8) is 0 Å². The third-order valence-electron chi connectivity index (χ3n) is 3.10. The molecule has 112 valence electrons. The number of hydrogen-bond acceptors (Lipinski definition) is 3. The van der Waals surface area contributed by atoms with Gasteiger partial charge in [0.2, 0.25) is 5.91 Å². The highest BCUT2D eigenvalue weighted by Crippen LogP contribution is 2.05. The van der Waals surface area contributed by atoms with E-state index in [-0.39, 0.29) is 11.9 Å². The van der Waals surface area contributed by atoms with E-state index in [9.17, 15) is 9.59 Å². The van der Waals surface area contributed by atoms with Gasteiger partial charge in [-0.1, -0.05) is 26.7 Å². The first-order chi connectivity index (χ1) is 9.06. The molecule has 0 aliphatic rings. The second kappa shape index (κ2) is 10.8. The van der Waals surface area contributed by atoms with E-state index in [1.54, 1.807) is 0 Å². The van der Waals surface area contributed by atoms with Gasteiger partial charge in [0, 0.05) is 6.54 Å².